The molecular formula is C16H23N3S. The van der Waals surface area contributed by atoms with Gasteiger partial charge in [-0.25, -0.2) is 0 Å². The summed E-state index contributed by atoms with van der Waals surface area (Å²) in [5.41, 5.74) is 3.64. The van der Waals surface area contributed by atoms with Crippen LogP contribution in [0.5, 0.6) is 0 Å². The maximum Gasteiger partial charge on any atom is 0.0547 e. The van der Waals surface area contributed by atoms with Crippen LogP contribution in [0.3, 0.4) is 0 Å². The molecule has 0 atom stereocenters. The van der Waals surface area contributed by atoms with E-state index in [2.05, 4.69) is 59.2 Å². The quantitative estimate of drug-likeness (QED) is 0.756. The highest BCUT2D eigenvalue weighted by Crippen LogP contribution is 2.10. The number of thiophene rings is 1. The van der Waals surface area contributed by atoms with Gasteiger partial charge in [-0.2, -0.15) is 11.3 Å². The number of nitrogens with one attached hydrogen (secondary N) is 1. The lowest BCUT2D eigenvalue weighted by Crippen LogP contribution is -2.19. The van der Waals surface area contributed by atoms with Gasteiger partial charge in [-0.15, -0.1) is 0 Å². The summed E-state index contributed by atoms with van der Waals surface area (Å²) in [6.45, 7) is 5.94. The highest BCUT2D eigenvalue weighted by Gasteiger charge is 2.04. The lowest BCUT2D eigenvalue weighted by Gasteiger charge is -2.15. The molecule has 0 saturated carbocycles. The minimum atomic E-state index is 0.857. The minimum absolute atomic E-state index is 0.857. The monoisotopic (exact) mass is 289 g/mol. The summed E-state index contributed by atoms with van der Waals surface area (Å²) in [7, 11) is 2.14. The zero-order chi connectivity index (χ0) is 14.2. The van der Waals surface area contributed by atoms with E-state index in [-0.39, 0.29) is 0 Å². The minimum Gasteiger partial charge on any atom is -0.311 e. The van der Waals surface area contributed by atoms with E-state index in [0.29, 0.717) is 0 Å². The van der Waals surface area contributed by atoms with Crippen molar-refractivity contribution in [3.63, 3.8) is 0 Å². The van der Waals surface area contributed by atoms with Gasteiger partial charge in [0.2, 0.25) is 0 Å². The van der Waals surface area contributed by atoms with Gasteiger partial charge in [-0.1, -0.05) is 13.0 Å². The summed E-state index contributed by atoms with van der Waals surface area (Å²) in [5.74, 6) is 0. The number of hydrogen-bond donors (Lipinski definition) is 1. The van der Waals surface area contributed by atoms with Crippen molar-refractivity contribution in [1.29, 1.82) is 0 Å². The molecule has 20 heavy (non-hydrogen) atoms. The third-order valence-corrected chi connectivity index (χ3v) is 3.79. The summed E-state index contributed by atoms with van der Waals surface area (Å²) in [5, 5.41) is 7.72. The van der Waals surface area contributed by atoms with Gasteiger partial charge in [-0.3, -0.25) is 9.88 Å². The Kier molecular flexibility index (Phi) is 6.18. The van der Waals surface area contributed by atoms with Crippen LogP contribution in [0.2, 0.25) is 0 Å². The number of rotatable bonds is 8. The first-order valence-corrected chi connectivity index (χ1v) is 8.07. The van der Waals surface area contributed by atoms with E-state index in [0.717, 1.165) is 44.0 Å². The predicted molar refractivity (Wildman–Crippen MR) is 85.7 cm³/mol. The molecule has 1 N–H and O–H groups in total. The van der Waals surface area contributed by atoms with Crippen LogP contribution < -0.4 is 5.32 Å². The Hall–Kier alpha value is -1.23. The normalized spacial score (nSPS) is 11.2. The van der Waals surface area contributed by atoms with E-state index in [1.54, 1.807) is 11.3 Å². The fraction of sp³-hybridized carbons (Fsp3) is 0.438. The predicted octanol–water partition coefficient (Wildman–Crippen LogP) is 3.27. The average molecular weight is 289 g/mol. The first-order valence-electron chi connectivity index (χ1n) is 7.13. The number of aromatic nitrogens is 1. The molecule has 0 saturated heterocycles. The van der Waals surface area contributed by atoms with E-state index in [4.69, 9.17) is 4.98 Å². The molecular weight excluding hydrogens is 266 g/mol. The zero-order valence-electron chi connectivity index (χ0n) is 12.3. The Morgan fingerprint density at radius 1 is 1.20 bits per heavy atom. The number of pyridine rings is 1. The maximum atomic E-state index is 4.71. The molecule has 3 nitrogen and oxygen atoms in total. The molecule has 0 unspecified atom stereocenters. The maximum absolute atomic E-state index is 4.71. The summed E-state index contributed by atoms with van der Waals surface area (Å²) in [6.07, 6.45) is 1.16. The molecule has 0 aliphatic rings. The van der Waals surface area contributed by atoms with E-state index >= 15 is 0 Å². The summed E-state index contributed by atoms with van der Waals surface area (Å²) in [4.78, 5) is 7.01. The highest BCUT2D eigenvalue weighted by molar-refractivity contribution is 7.07. The SMILES string of the molecule is CCCNCc1cccc(CN(C)Cc2ccsc2)n1. The zero-order valence-corrected chi connectivity index (χ0v) is 13.1. The second-order valence-corrected chi connectivity index (χ2v) is 5.88. The number of nitrogens with zero attached hydrogens (tertiary/aromatic N) is 2. The van der Waals surface area contributed by atoms with Crippen LogP contribution in [0.1, 0.15) is 30.3 Å². The van der Waals surface area contributed by atoms with Crippen LogP contribution in [0.15, 0.2) is 35.0 Å². The fourth-order valence-corrected chi connectivity index (χ4v) is 2.80. The van der Waals surface area contributed by atoms with Crippen LogP contribution in [0.25, 0.3) is 0 Å². The molecule has 0 aliphatic heterocycles. The summed E-state index contributed by atoms with van der Waals surface area (Å²) < 4.78 is 0. The van der Waals surface area contributed by atoms with Crippen molar-refractivity contribution in [2.24, 2.45) is 0 Å². The highest BCUT2D eigenvalue weighted by atomic mass is 32.1. The van der Waals surface area contributed by atoms with Gasteiger partial charge in [0.25, 0.3) is 0 Å². The lowest BCUT2D eigenvalue weighted by molar-refractivity contribution is 0.315. The Balaban J connectivity index is 1.86. The molecule has 2 rings (SSSR count). The molecule has 0 radical (unpaired) electrons. The van der Waals surface area contributed by atoms with Crippen molar-refractivity contribution in [3.8, 4) is 0 Å². The van der Waals surface area contributed by atoms with Crippen molar-refractivity contribution in [1.82, 2.24) is 15.2 Å². The summed E-state index contributed by atoms with van der Waals surface area (Å²) >= 11 is 1.75. The standard InChI is InChI=1S/C16H23N3S/c1-3-8-17-10-15-5-4-6-16(18-15)12-19(2)11-14-7-9-20-13-14/h4-7,9,13,17H,3,8,10-12H2,1-2H3. The molecule has 108 valence electrons. The van der Waals surface area contributed by atoms with Crippen LogP contribution >= 0.6 is 11.3 Å². The molecule has 0 aliphatic carbocycles. The average Bonchev–Trinajstić information content (AvgIpc) is 2.92. The van der Waals surface area contributed by atoms with E-state index in [1.807, 2.05) is 0 Å². The Morgan fingerprint density at radius 3 is 2.80 bits per heavy atom. The van der Waals surface area contributed by atoms with Crippen molar-refractivity contribution in [3.05, 3.63) is 52.0 Å². The summed E-state index contributed by atoms with van der Waals surface area (Å²) in [6, 6.07) is 8.47. The van der Waals surface area contributed by atoms with E-state index < -0.39 is 0 Å². The molecule has 0 amide bonds. The third kappa shape index (κ3) is 5.04. The molecule has 2 aromatic heterocycles. The van der Waals surface area contributed by atoms with Crippen molar-refractivity contribution in [2.75, 3.05) is 13.6 Å². The topological polar surface area (TPSA) is 28.2 Å². The van der Waals surface area contributed by atoms with Crippen LogP contribution in [0, 0.1) is 0 Å². The van der Waals surface area contributed by atoms with Gasteiger partial charge in [-0.05, 0) is 54.5 Å². The van der Waals surface area contributed by atoms with Crippen LogP contribution in [-0.4, -0.2) is 23.5 Å². The van der Waals surface area contributed by atoms with Crippen molar-refractivity contribution < 1.29 is 0 Å². The third-order valence-electron chi connectivity index (χ3n) is 3.06. The smallest absolute Gasteiger partial charge is 0.0547 e. The Morgan fingerprint density at radius 2 is 2.05 bits per heavy atom. The first-order chi connectivity index (χ1) is 9.78. The van der Waals surface area contributed by atoms with Crippen molar-refractivity contribution >= 4 is 11.3 Å². The number of hydrogen-bond acceptors (Lipinski definition) is 4. The van der Waals surface area contributed by atoms with Gasteiger partial charge in [0.05, 0.1) is 11.4 Å². The Labute approximate surface area is 125 Å². The van der Waals surface area contributed by atoms with Crippen LogP contribution in [-0.2, 0) is 19.6 Å². The lowest BCUT2D eigenvalue weighted by atomic mass is 10.2. The largest absolute Gasteiger partial charge is 0.311 e. The molecule has 2 heterocycles. The van der Waals surface area contributed by atoms with E-state index in [9.17, 15) is 0 Å². The van der Waals surface area contributed by atoms with Crippen molar-refractivity contribution in [2.45, 2.75) is 33.0 Å². The fourth-order valence-electron chi connectivity index (χ4n) is 2.14. The second kappa shape index (κ2) is 8.15. The molecule has 0 aromatic carbocycles. The van der Waals surface area contributed by atoms with Crippen LogP contribution in [0.4, 0.5) is 0 Å². The van der Waals surface area contributed by atoms with Gasteiger partial charge >= 0.3 is 0 Å². The molecule has 0 fully saturated rings. The molecule has 4 heteroatoms. The van der Waals surface area contributed by atoms with Gasteiger partial charge in [0.15, 0.2) is 0 Å². The van der Waals surface area contributed by atoms with E-state index in [1.165, 1.54) is 5.56 Å². The first kappa shape index (κ1) is 15.2. The molecule has 2 aromatic rings. The van der Waals surface area contributed by atoms with Gasteiger partial charge in [0, 0.05) is 19.6 Å². The second-order valence-electron chi connectivity index (χ2n) is 5.10. The van der Waals surface area contributed by atoms with Gasteiger partial charge < -0.3 is 5.32 Å². The Bertz CT molecular complexity index is 496. The molecule has 0 spiro atoms. The van der Waals surface area contributed by atoms with Gasteiger partial charge in [0.1, 0.15) is 0 Å². The molecule has 0 bridgehead atoms.